The summed E-state index contributed by atoms with van der Waals surface area (Å²) in [5, 5.41) is 3.55. The van der Waals surface area contributed by atoms with Gasteiger partial charge in [-0.2, -0.15) is 0 Å². The van der Waals surface area contributed by atoms with E-state index in [1.165, 1.54) is 12.8 Å². The number of imidazole rings is 1. The Kier molecular flexibility index (Phi) is 3.38. The average molecular weight is 208 g/mol. The maximum atomic E-state index is 5.87. The van der Waals surface area contributed by atoms with Crippen LogP contribution >= 0.6 is 0 Å². The highest BCUT2D eigenvalue weighted by Crippen LogP contribution is 2.17. The molecule has 15 heavy (non-hydrogen) atoms. The first-order valence-corrected chi connectivity index (χ1v) is 5.73. The number of aryl methyl sites for hydroxylation is 1. The molecule has 0 amide bonds. The van der Waals surface area contributed by atoms with Crippen molar-refractivity contribution in [3.8, 4) is 0 Å². The lowest BCUT2D eigenvalue weighted by Gasteiger charge is -2.26. The molecule has 0 aromatic carbocycles. The largest absolute Gasteiger partial charge is 0.348 e. The minimum absolute atomic E-state index is 0.426. The van der Waals surface area contributed by atoms with Gasteiger partial charge >= 0.3 is 0 Å². The van der Waals surface area contributed by atoms with Gasteiger partial charge in [-0.1, -0.05) is 0 Å². The van der Waals surface area contributed by atoms with Crippen LogP contribution in [0.2, 0.25) is 0 Å². The molecule has 0 spiro atoms. The van der Waals surface area contributed by atoms with Crippen LogP contribution in [0.3, 0.4) is 0 Å². The molecule has 84 valence electrons. The van der Waals surface area contributed by atoms with Crippen LogP contribution in [-0.2, 0) is 6.54 Å². The normalized spacial score (nSPS) is 26.8. The van der Waals surface area contributed by atoms with Crippen molar-refractivity contribution in [3.05, 3.63) is 17.7 Å². The van der Waals surface area contributed by atoms with E-state index in [1.807, 2.05) is 0 Å². The Bertz CT molecular complexity index is 299. The number of aromatic nitrogens is 2. The van der Waals surface area contributed by atoms with Gasteiger partial charge in [0.15, 0.2) is 0 Å². The maximum absolute atomic E-state index is 5.87. The van der Waals surface area contributed by atoms with Crippen LogP contribution in [0.1, 0.15) is 37.1 Å². The monoisotopic (exact) mass is 208 g/mol. The molecular formula is C11H20N4. The van der Waals surface area contributed by atoms with Crippen molar-refractivity contribution < 1.29 is 0 Å². The van der Waals surface area contributed by atoms with Crippen LogP contribution in [0.5, 0.6) is 0 Å². The molecule has 1 aromatic heterocycles. The zero-order valence-corrected chi connectivity index (χ0v) is 9.29. The van der Waals surface area contributed by atoms with E-state index in [4.69, 9.17) is 5.73 Å². The van der Waals surface area contributed by atoms with E-state index >= 15 is 0 Å². The molecule has 0 atom stereocenters. The Labute approximate surface area is 90.7 Å². The molecule has 0 aliphatic heterocycles. The van der Waals surface area contributed by atoms with Gasteiger partial charge in [0.05, 0.1) is 12.0 Å². The predicted molar refractivity (Wildman–Crippen MR) is 60.4 cm³/mol. The quantitative estimate of drug-likeness (QED) is 0.696. The Morgan fingerprint density at radius 1 is 1.47 bits per heavy atom. The third-order valence-electron chi connectivity index (χ3n) is 3.26. The topological polar surface area (TPSA) is 66.7 Å². The zero-order valence-electron chi connectivity index (χ0n) is 9.29. The molecule has 4 nitrogen and oxygen atoms in total. The van der Waals surface area contributed by atoms with Gasteiger partial charge in [0.25, 0.3) is 0 Å². The molecule has 4 N–H and O–H groups in total. The van der Waals surface area contributed by atoms with Gasteiger partial charge in [-0.15, -0.1) is 0 Å². The van der Waals surface area contributed by atoms with E-state index < -0.39 is 0 Å². The molecule has 1 saturated carbocycles. The summed E-state index contributed by atoms with van der Waals surface area (Å²) in [6.07, 6.45) is 6.45. The van der Waals surface area contributed by atoms with Crippen LogP contribution in [0.25, 0.3) is 0 Å². The Balaban J connectivity index is 1.77. The number of nitrogens with zero attached hydrogens (tertiary/aromatic N) is 1. The van der Waals surface area contributed by atoms with E-state index in [9.17, 15) is 0 Å². The Hall–Kier alpha value is -0.870. The molecule has 4 heteroatoms. The smallest absolute Gasteiger partial charge is 0.0925 e. The van der Waals surface area contributed by atoms with Crippen LogP contribution in [0.15, 0.2) is 6.33 Å². The Morgan fingerprint density at radius 3 is 2.80 bits per heavy atom. The van der Waals surface area contributed by atoms with Crippen LogP contribution in [0, 0.1) is 6.92 Å². The van der Waals surface area contributed by atoms with Gasteiger partial charge in [0.2, 0.25) is 0 Å². The molecule has 1 aromatic rings. The second-order valence-electron chi connectivity index (χ2n) is 4.47. The lowest BCUT2D eigenvalue weighted by Crippen LogP contribution is -2.37. The SMILES string of the molecule is Cc1[nH]cnc1CNC1CCC(N)CC1. The van der Waals surface area contributed by atoms with Gasteiger partial charge in [0, 0.05) is 24.3 Å². The molecule has 0 radical (unpaired) electrons. The van der Waals surface area contributed by atoms with Crippen molar-refractivity contribution in [2.24, 2.45) is 5.73 Å². The second-order valence-corrected chi connectivity index (χ2v) is 4.47. The molecular weight excluding hydrogens is 188 g/mol. The van der Waals surface area contributed by atoms with Gasteiger partial charge in [-0.25, -0.2) is 4.98 Å². The number of hydrogen-bond donors (Lipinski definition) is 3. The molecule has 0 bridgehead atoms. The van der Waals surface area contributed by atoms with Gasteiger partial charge in [-0.3, -0.25) is 0 Å². The van der Waals surface area contributed by atoms with E-state index in [1.54, 1.807) is 6.33 Å². The number of hydrogen-bond acceptors (Lipinski definition) is 3. The van der Waals surface area contributed by atoms with E-state index in [0.29, 0.717) is 12.1 Å². The minimum atomic E-state index is 0.426. The third-order valence-corrected chi connectivity index (χ3v) is 3.26. The lowest BCUT2D eigenvalue weighted by molar-refractivity contribution is 0.340. The molecule has 0 saturated heterocycles. The summed E-state index contributed by atoms with van der Waals surface area (Å²) in [5.41, 5.74) is 8.16. The lowest BCUT2D eigenvalue weighted by atomic mass is 9.92. The maximum Gasteiger partial charge on any atom is 0.0925 e. The van der Waals surface area contributed by atoms with Crippen LogP contribution < -0.4 is 11.1 Å². The summed E-state index contributed by atoms with van der Waals surface area (Å²) >= 11 is 0. The molecule has 1 aliphatic rings. The average Bonchev–Trinajstić information content (AvgIpc) is 2.63. The molecule has 1 heterocycles. The highest BCUT2D eigenvalue weighted by atomic mass is 15.0. The second kappa shape index (κ2) is 4.77. The summed E-state index contributed by atoms with van der Waals surface area (Å²) in [6.45, 7) is 2.93. The minimum Gasteiger partial charge on any atom is -0.348 e. The molecule has 2 rings (SSSR count). The zero-order chi connectivity index (χ0) is 10.7. The molecule has 1 fully saturated rings. The molecule has 1 aliphatic carbocycles. The first-order chi connectivity index (χ1) is 7.25. The van der Waals surface area contributed by atoms with Crippen LogP contribution in [-0.4, -0.2) is 22.1 Å². The highest BCUT2D eigenvalue weighted by Gasteiger charge is 2.18. The fourth-order valence-electron chi connectivity index (χ4n) is 2.13. The van der Waals surface area contributed by atoms with Gasteiger partial charge in [-0.05, 0) is 32.6 Å². The van der Waals surface area contributed by atoms with Crippen molar-refractivity contribution in [3.63, 3.8) is 0 Å². The molecule has 0 unspecified atom stereocenters. The van der Waals surface area contributed by atoms with Gasteiger partial charge < -0.3 is 16.0 Å². The Morgan fingerprint density at radius 2 is 2.20 bits per heavy atom. The van der Waals surface area contributed by atoms with Crippen molar-refractivity contribution in [2.45, 2.75) is 51.2 Å². The fraction of sp³-hybridized carbons (Fsp3) is 0.727. The standard InChI is InChI=1S/C11H20N4/c1-8-11(15-7-14-8)6-13-10-4-2-9(12)3-5-10/h7,9-10,13H,2-6,12H2,1H3,(H,14,15). The first kappa shape index (κ1) is 10.6. The summed E-state index contributed by atoms with van der Waals surface area (Å²) in [4.78, 5) is 7.36. The van der Waals surface area contributed by atoms with Crippen molar-refractivity contribution in [1.82, 2.24) is 15.3 Å². The summed E-state index contributed by atoms with van der Waals surface area (Å²) in [6, 6.07) is 1.05. The van der Waals surface area contributed by atoms with Crippen molar-refractivity contribution in [1.29, 1.82) is 0 Å². The number of nitrogens with one attached hydrogen (secondary N) is 2. The summed E-state index contributed by atoms with van der Waals surface area (Å²) in [7, 11) is 0. The van der Waals surface area contributed by atoms with E-state index in [2.05, 4.69) is 22.2 Å². The first-order valence-electron chi connectivity index (χ1n) is 5.73. The summed E-state index contributed by atoms with van der Waals surface area (Å²) < 4.78 is 0. The number of H-pyrrole nitrogens is 1. The van der Waals surface area contributed by atoms with Crippen molar-refractivity contribution in [2.75, 3.05) is 0 Å². The fourth-order valence-corrected chi connectivity index (χ4v) is 2.13. The van der Waals surface area contributed by atoms with Crippen LogP contribution in [0.4, 0.5) is 0 Å². The summed E-state index contributed by atoms with van der Waals surface area (Å²) in [5.74, 6) is 0. The predicted octanol–water partition coefficient (Wildman–Crippen LogP) is 1.08. The highest BCUT2D eigenvalue weighted by molar-refractivity contribution is 5.08. The van der Waals surface area contributed by atoms with E-state index in [-0.39, 0.29) is 0 Å². The van der Waals surface area contributed by atoms with Gasteiger partial charge in [0.1, 0.15) is 0 Å². The number of rotatable bonds is 3. The number of aromatic amines is 1. The third kappa shape index (κ3) is 2.79. The van der Waals surface area contributed by atoms with E-state index in [0.717, 1.165) is 30.8 Å². The number of nitrogens with two attached hydrogens (primary N) is 1. The van der Waals surface area contributed by atoms with Crippen molar-refractivity contribution >= 4 is 0 Å².